The molecule has 0 amide bonds. The topological polar surface area (TPSA) is 20.3 Å². The van der Waals surface area contributed by atoms with E-state index in [-0.39, 0.29) is 0 Å². The lowest BCUT2D eigenvalue weighted by Gasteiger charge is -2.24. The normalized spacial score (nSPS) is 19.9. The molecular formula is C16H21NO. The molecule has 0 N–H and O–H groups in total. The second-order valence-electron chi connectivity index (χ2n) is 5.60. The van der Waals surface area contributed by atoms with Crippen LogP contribution in [0.3, 0.4) is 0 Å². The molecule has 1 aliphatic heterocycles. The SMILES string of the molecule is O=C(CN1CCc2ccccc21)C1CCCCC1. The van der Waals surface area contributed by atoms with Gasteiger partial charge in [-0.1, -0.05) is 37.5 Å². The molecule has 0 spiro atoms. The number of carbonyl (C=O) groups is 1. The van der Waals surface area contributed by atoms with Crippen molar-refractivity contribution in [2.75, 3.05) is 18.0 Å². The molecule has 2 heteroatoms. The lowest BCUT2D eigenvalue weighted by atomic mass is 9.86. The van der Waals surface area contributed by atoms with Crippen molar-refractivity contribution in [3.05, 3.63) is 29.8 Å². The highest BCUT2D eigenvalue weighted by atomic mass is 16.1. The minimum atomic E-state index is 0.339. The van der Waals surface area contributed by atoms with Crippen molar-refractivity contribution in [3.8, 4) is 0 Å². The van der Waals surface area contributed by atoms with Crippen LogP contribution in [-0.4, -0.2) is 18.9 Å². The summed E-state index contributed by atoms with van der Waals surface area (Å²) < 4.78 is 0. The molecule has 2 nitrogen and oxygen atoms in total. The van der Waals surface area contributed by atoms with E-state index in [0.717, 1.165) is 25.8 Å². The lowest BCUT2D eigenvalue weighted by molar-refractivity contribution is -0.122. The van der Waals surface area contributed by atoms with Crippen molar-refractivity contribution >= 4 is 11.5 Å². The van der Waals surface area contributed by atoms with E-state index < -0.39 is 0 Å². The first kappa shape index (κ1) is 11.8. The Bertz CT molecular complexity index is 434. The maximum Gasteiger partial charge on any atom is 0.155 e. The fourth-order valence-corrected chi connectivity index (χ4v) is 3.31. The molecule has 0 atom stereocenters. The van der Waals surface area contributed by atoms with Crippen LogP contribution in [0.5, 0.6) is 0 Å². The average Bonchev–Trinajstić information content (AvgIpc) is 2.83. The fourth-order valence-electron chi connectivity index (χ4n) is 3.31. The van der Waals surface area contributed by atoms with Crippen LogP contribution in [-0.2, 0) is 11.2 Å². The van der Waals surface area contributed by atoms with Gasteiger partial charge in [0.2, 0.25) is 0 Å². The van der Waals surface area contributed by atoms with Crippen molar-refractivity contribution < 1.29 is 4.79 Å². The first-order valence-electron chi connectivity index (χ1n) is 7.20. The van der Waals surface area contributed by atoms with E-state index >= 15 is 0 Å². The van der Waals surface area contributed by atoms with E-state index in [0.29, 0.717) is 18.2 Å². The Morgan fingerprint density at radius 2 is 1.94 bits per heavy atom. The number of rotatable bonds is 3. The van der Waals surface area contributed by atoms with E-state index in [4.69, 9.17) is 0 Å². The maximum absolute atomic E-state index is 12.3. The summed E-state index contributed by atoms with van der Waals surface area (Å²) in [6.07, 6.45) is 7.13. The highest BCUT2D eigenvalue weighted by Gasteiger charge is 2.25. The van der Waals surface area contributed by atoms with Crippen molar-refractivity contribution in [1.29, 1.82) is 0 Å². The van der Waals surface area contributed by atoms with Crippen LogP contribution in [0.2, 0.25) is 0 Å². The highest BCUT2D eigenvalue weighted by Crippen LogP contribution is 2.29. The van der Waals surface area contributed by atoms with Crippen LogP contribution < -0.4 is 4.90 Å². The number of anilines is 1. The van der Waals surface area contributed by atoms with Crippen molar-refractivity contribution in [2.45, 2.75) is 38.5 Å². The first-order chi connectivity index (χ1) is 8.84. The van der Waals surface area contributed by atoms with E-state index in [2.05, 4.69) is 29.2 Å². The molecule has 18 heavy (non-hydrogen) atoms. The van der Waals surface area contributed by atoms with Gasteiger partial charge in [0.25, 0.3) is 0 Å². The number of benzene rings is 1. The monoisotopic (exact) mass is 243 g/mol. The number of hydrogen-bond acceptors (Lipinski definition) is 2. The molecule has 1 aromatic carbocycles. The Balaban J connectivity index is 1.65. The van der Waals surface area contributed by atoms with Crippen molar-refractivity contribution in [2.24, 2.45) is 5.92 Å². The summed E-state index contributed by atoms with van der Waals surface area (Å²) in [4.78, 5) is 14.6. The molecule has 3 rings (SSSR count). The van der Waals surface area contributed by atoms with Crippen LogP contribution in [0.4, 0.5) is 5.69 Å². The van der Waals surface area contributed by atoms with Crippen molar-refractivity contribution in [3.63, 3.8) is 0 Å². The maximum atomic E-state index is 12.3. The smallest absolute Gasteiger partial charge is 0.155 e. The summed E-state index contributed by atoms with van der Waals surface area (Å²) in [5.41, 5.74) is 2.68. The van der Waals surface area contributed by atoms with Gasteiger partial charge >= 0.3 is 0 Å². The highest BCUT2D eigenvalue weighted by molar-refractivity contribution is 5.86. The summed E-state index contributed by atoms with van der Waals surface area (Å²) in [7, 11) is 0. The van der Waals surface area contributed by atoms with E-state index in [1.807, 2.05) is 0 Å². The van der Waals surface area contributed by atoms with Crippen molar-refractivity contribution in [1.82, 2.24) is 0 Å². The summed E-state index contributed by atoms with van der Waals surface area (Å²) >= 11 is 0. The van der Waals surface area contributed by atoms with Crippen LogP contribution >= 0.6 is 0 Å². The van der Waals surface area contributed by atoms with Gasteiger partial charge in [0.05, 0.1) is 6.54 Å². The molecule has 2 aliphatic rings. The molecule has 0 aromatic heterocycles. The van der Waals surface area contributed by atoms with Gasteiger partial charge in [-0.15, -0.1) is 0 Å². The third-order valence-corrected chi connectivity index (χ3v) is 4.39. The zero-order chi connectivity index (χ0) is 12.4. The second kappa shape index (κ2) is 5.13. The number of hydrogen-bond donors (Lipinski definition) is 0. The van der Waals surface area contributed by atoms with Gasteiger partial charge in [-0.3, -0.25) is 4.79 Å². The zero-order valence-corrected chi connectivity index (χ0v) is 10.9. The molecule has 1 aromatic rings. The van der Waals surface area contributed by atoms with Crippen LogP contribution in [0.25, 0.3) is 0 Å². The van der Waals surface area contributed by atoms with Crippen LogP contribution in [0.15, 0.2) is 24.3 Å². The van der Waals surface area contributed by atoms with Gasteiger partial charge in [0.1, 0.15) is 0 Å². The molecule has 1 heterocycles. The number of ketones is 1. The van der Waals surface area contributed by atoms with Crippen LogP contribution in [0.1, 0.15) is 37.7 Å². The van der Waals surface area contributed by atoms with Gasteiger partial charge in [0, 0.05) is 18.2 Å². The molecular weight excluding hydrogens is 222 g/mol. The molecule has 0 radical (unpaired) electrons. The third kappa shape index (κ3) is 2.29. The number of carbonyl (C=O) groups excluding carboxylic acids is 1. The number of nitrogens with zero attached hydrogens (tertiary/aromatic N) is 1. The first-order valence-corrected chi connectivity index (χ1v) is 7.20. The third-order valence-electron chi connectivity index (χ3n) is 4.39. The second-order valence-corrected chi connectivity index (χ2v) is 5.60. The predicted molar refractivity (Wildman–Crippen MR) is 73.9 cm³/mol. The lowest BCUT2D eigenvalue weighted by Crippen LogP contribution is -2.32. The molecule has 96 valence electrons. The summed E-state index contributed by atoms with van der Waals surface area (Å²) in [6, 6.07) is 8.49. The quantitative estimate of drug-likeness (QED) is 0.812. The molecule has 1 aliphatic carbocycles. The summed E-state index contributed by atoms with van der Waals surface area (Å²) in [6.45, 7) is 1.64. The molecule has 1 fully saturated rings. The Morgan fingerprint density at radius 1 is 1.17 bits per heavy atom. The Kier molecular flexibility index (Phi) is 3.35. The minimum Gasteiger partial charge on any atom is -0.364 e. The van der Waals surface area contributed by atoms with E-state index in [9.17, 15) is 4.79 Å². The molecule has 0 bridgehead atoms. The Labute approximate surface area is 109 Å². The standard InChI is InChI=1S/C16H21NO/c18-16(14-7-2-1-3-8-14)12-17-11-10-13-6-4-5-9-15(13)17/h4-6,9,14H,1-3,7-8,10-12H2. The molecule has 0 saturated heterocycles. The number of fused-ring (bicyclic) bond motifs is 1. The van der Waals surface area contributed by atoms with Gasteiger partial charge in [-0.25, -0.2) is 0 Å². The van der Waals surface area contributed by atoms with Gasteiger partial charge in [-0.2, -0.15) is 0 Å². The van der Waals surface area contributed by atoms with E-state index in [1.54, 1.807) is 0 Å². The largest absolute Gasteiger partial charge is 0.364 e. The number of Topliss-reactive ketones (excluding diaryl/α,β-unsaturated/α-hetero) is 1. The summed E-state index contributed by atoms with van der Waals surface area (Å²) in [5.74, 6) is 0.804. The zero-order valence-electron chi connectivity index (χ0n) is 10.9. The fraction of sp³-hybridized carbons (Fsp3) is 0.562. The summed E-state index contributed by atoms with van der Waals surface area (Å²) in [5, 5.41) is 0. The van der Waals surface area contributed by atoms with Gasteiger partial charge in [-0.05, 0) is 30.9 Å². The van der Waals surface area contributed by atoms with Gasteiger partial charge < -0.3 is 4.90 Å². The Hall–Kier alpha value is -1.31. The Morgan fingerprint density at radius 3 is 2.78 bits per heavy atom. The van der Waals surface area contributed by atoms with Gasteiger partial charge in [0.15, 0.2) is 5.78 Å². The molecule has 0 unspecified atom stereocenters. The van der Waals surface area contributed by atoms with Crippen LogP contribution in [0, 0.1) is 5.92 Å². The molecule has 1 saturated carbocycles. The van der Waals surface area contributed by atoms with E-state index in [1.165, 1.54) is 30.5 Å². The average molecular weight is 243 g/mol. The minimum absolute atomic E-state index is 0.339. The predicted octanol–water partition coefficient (Wildman–Crippen LogP) is 3.20. The number of para-hydroxylation sites is 1.